The third kappa shape index (κ3) is 4.44. The average Bonchev–Trinajstić information content (AvgIpc) is 2.84. The third-order valence-electron chi connectivity index (χ3n) is 3.21. The van der Waals surface area contributed by atoms with Crippen LogP contribution in [-0.2, 0) is 19.1 Å². The molecule has 0 amide bonds. The van der Waals surface area contributed by atoms with Crippen molar-refractivity contribution >= 4 is 11.9 Å². The van der Waals surface area contributed by atoms with Crippen LogP contribution in [0.1, 0.15) is 43.9 Å². The van der Waals surface area contributed by atoms with E-state index in [1.54, 1.807) is 24.3 Å². The molecule has 23 heavy (non-hydrogen) atoms. The number of hydrogen-bond acceptors (Lipinski definition) is 5. The standard InChI is InChI=1S/C18H18O5/c1-3-4-5-6-13-7-9-14(10-8-13)17(22-12(2)19)15-11-16(20)23-18(15)21/h7-11,17-18,21H,3-4H2,1-2H3. The zero-order chi connectivity index (χ0) is 16.8. The Bertz CT molecular complexity index is 676. The number of carbonyl (C=O) groups is 2. The molecule has 0 bridgehead atoms. The summed E-state index contributed by atoms with van der Waals surface area (Å²) in [7, 11) is 0. The number of aliphatic hydroxyl groups is 1. The highest BCUT2D eigenvalue weighted by Crippen LogP contribution is 2.32. The number of esters is 2. The van der Waals surface area contributed by atoms with Gasteiger partial charge in [-0.25, -0.2) is 4.79 Å². The number of aliphatic hydroxyl groups excluding tert-OH is 1. The van der Waals surface area contributed by atoms with Gasteiger partial charge in [0.05, 0.1) is 0 Å². The fourth-order valence-corrected chi connectivity index (χ4v) is 2.15. The molecule has 0 saturated heterocycles. The maximum Gasteiger partial charge on any atom is 0.333 e. The van der Waals surface area contributed by atoms with Gasteiger partial charge in [-0.05, 0) is 24.1 Å². The fourth-order valence-electron chi connectivity index (χ4n) is 2.15. The average molecular weight is 314 g/mol. The fraction of sp³-hybridized carbons (Fsp3) is 0.333. The summed E-state index contributed by atoms with van der Waals surface area (Å²) in [6.07, 6.45) is 0.700. The molecule has 5 nitrogen and oxygen atoms in total. The van der Waals surface area contributed by atoms with Gasteiger partial charge in [0, 0.05) is 30.6 Å². The van der Waals surface area contributed by atoms with Crippen LogP contribution in [0.15, 0.2) is 35.9 Å². The van der Waals surface area contributed by atoms with Crippen molar-refractivity contribution in [3.8, 4) is 11.8 Å². The van der Waals surface area contributed by atoms with Crippen LogP contribution >= 0.6 is 0 Å². The number of hydrogen-bond donors (Lipinski definition) is 1. The second kappa shape index (κ2) is 7.61. The lowest BCUT2D eigenvalue weighted by molar-refractivity contribution is -0.154. The minimum Gasteiger partial charge on any atom is -0.453 e. The number of cyclic esters (lactones) is 1. The topological polar surface area (TPSA) is 72.8 Å². The van der Waals surface area contributed by atoms with Crippen LogP contribution in [0.3, 0.4) is 0 Å². The number of ether oxygens (including phenoxy) is 2. The van der Waals surface area contributed by atoms with E-state index in [2.05, 4.69) is 23.5 Å². The lowest BCUT2D eigenvalue weighted by atomic mass is 10.00. The van der Waals surface area contributed by atoms with Crippen molar-refractivity contribution in [1.82, 2.24) is 0 Å². The number of rotatable bonds is 4. The first-order chi connectivity index (χ1) is 11.0. The number of carbonyl (C=O) groups excluding carboxylic acids is 2. The summed E-state index contributed by atoms with van der Waals surface area (Å²) >= 11 is 0. The van der Waals surface area contributed by atoms with Crippen molar-refractivity contribution in [1.29, 1.82) is 0 Å². The molecule has 120 valence electrons. The van der Waals surface area contributed by atoms with Crippen LogP contribution in [-0.4, -0.2) is 23.3 Å². The molecule has 2 atom stereocenters. The van der Waals surface area contributed by atoms with E-state index in [1.165, 1.54) is 6.92 Å². The molecule has 1 aliphatic rings. The van der Waals surface area contributed by atoms with E-state index in [0.717, 1.165) is 24.5 Å². The van der Waals surface area contributed by atoms with Crippen LogP contribution in [0.5, 0.6) is 0 Å². The Kier molecular flexibility index (Phi) is 5.56. The lowest BCUT2D eigenvalue weighted by Crippen LogP contribution is -2.19. The predicted molar refractivity (Wildman–Crippen MR) is 82.9 cm³/mol. The summed E-state index contributed by atoms with van der Waals surface area (Å²) in [4.78, 5) is 22.6. The molecule has 1 heterocycles. The van der Waals surface area contributed by atoms with Crippen LogP contribution in [0.4, 0.5) is 0 Å². The summed E-state index contributed by atoms with van der Waals surface area (Å²) in [6.45, 7) is 3.33. The Hall–Kier alpha value is -2.58. The van der Waals surface area contributed by atoms with Gasteiger partial charge >= 0.3 is 11.9 Å². The van der Waals surface area contributed by atoms with Crippen LogP contribution in [0, 0.1) is 11.8 Å². The number of unbranched alkanes of at least 4 members (excludes halogenated alkanes) is 1. The summed E-state index contributed by atoms with van der Waals surface area (Å²) in [5, 5.41) is 9.78. The molecular weight excluding hydrogens is 296 g/mol. The minimum atomic E-state index is -1.41. The summed E-state index contributed by atoms with van der Waals surface area (Å²) in [5.41, 5.74) is 1.68. The second-order valence-electron chi connectivity index (χ2n) is 5.10. The van der Waals surface area contributed by atoms with E-state index in [-0.39, 0.29) is 5.57 Å². The highest BCUT2D eigenvalue weighted by Gasteiger charge is 2.33. The first kappa shape index (κ1) is 16.8. The summed E-state index contributed by atoms with van der Waals surface area (Å²) in [5.74, 6) is 4.91. The maximum atomic E-state index is 11.3. The molecule has 0 aliphatic carbocycles. The molecule has 2 rings (SSSR count). The molecular formula is C18H18O5. The van der Waals surface area contributed by atoms with Crippen LogP contribution < -0.4 is 0 Å². The van der Waals surface area contributed by atoms with Gasteiger partial charge in [0.1, 0.15) is 0 Å². The van der Waals surface area contributed by atoms with Crippen molar-refractivity contribution in [2.45, 2.75) is 39.1 Å². The predicted octanol–water partition coefficient (Wildman–Crippen LogP) is 2.24. The van der Waals surface area contributed by atoms with E-state index in [0.29, 0.717) is 5.56 Å². The summed E-state index contributed by atoms with van der Waals surface area (Å²) in [6, 6.07) is 7.11. The first-order valence-corrected chi connectivity index (χ1v) is 7.37. The van der Waals surface area contributed by atoms with Crippen molar-refractivity contribution in [3.63, 3.8) is 0 Å². The summed E-state index contributed by atoms with van der Waals surface area (Å²) < 4.78 is 9.90. The van der Waals surface area contributed by atoms with Crippen LogP contribution in [0.25, 0.3) is 0 Å². The van der Waals surface area contributed by atoms with Gasteiger partial charge in [0.15, 0.2) is 6.10 Å². The number of benzene rings is 1. The highest BCUT2D eigenvalue weighted by atomic mass is 16.6. The second-order valence-corrected chi connectivity index (χ2v) is 5.10. The molecule has 0 saturated carbocycles. The Labute approximate surface area is 134 Å². The highest BCUT2D eigenvalue weighted by molar-refractivity contribution is 5.86. The monoisotopic (exact) mass is 314 g/mol. The SMILES string of the molecule is CCCC#Cc1ccc(C(OC(C)=O)C2=CC(=O)OC2O)cc1. The van der Waals surface area contributed by atoms with Gasteiger partial charge in [-0.15, -0.1) is 0 Å². The van der Waals surface area contributed by atoms with Crippen molar-refractivity contribution in [3.05, 3.63) is 47.0 Å². The smallest absolute Gasteiger partial charge is 0.333 e. The van der Waals surface area contributed by atoms with E-state index < -0.39 is 24.3 Å². The largest absolute Gasteiger partial charge is 0.453 e. The molecule has 0 radical (unpaired) electrons. The van der Waals surface area contributed by atoms with Crippen molar-refractivity contribution in [2.75, 3.05) is 0 Å². The quantitative estimate of drug-likeness (QED) is 0.681. The van der Waals surface area contributed by atoms with Crippen molar-refractivity contribution in [2.24, 2.45) is 0 Å². The maximum absolute atomic E-state index is 11.3. The van der Waals surface area contributed by atoms with Gasteiger partial charge < -0.3 is 14.6 Å². The molecule has 1 aromatic carbocycles. The molecule has 1 aromatic rings. The zero-order valence-corrected chi connectivity index (χ0v) is 13.0. The van der Waals surface area contributed by atoms with E-state index in [4.69, 9.17) is 4.74 Å². The third-order valence-corrected chi connectivity index (χ3v) is 3.21. The van der Waals surface area contributed by atoms with E-state index in [9.17, 15) is 14.7 Å². The van der Waals surface area contributed by atoms with Gasteiger partial charge in [0.25, 0.3) is 0 Å². The Morgan fingerprint density at radius 2 is 2.09 bits per heavy atom. The van der Waals surface area contributed by atoms with Gasteiger partial charge in [-0.1, -0.05) is 30.9 Å². The first-order valence-electron chi connectivity index (χ1n) is 7.37. The molecule has 2 unspecified atom stereocenters. The van der Waals surface area contributed by atoms with Gasteiger partial charge in [0.2, 0.25) is 6.29 Å². The minimum absolute atomic E-state index is 0.204. The van der Waals surface area contributed by atoms with Crippen molar-refractivity contribution < 1.29 is 24.2 Å². The van der Waals surface area contributed by atoms with E-state index in [1.807, 2.05) is 0 Å². The molecule has 0 fully saturated rings. The Morgan fingerprint density at radius 3 is 2.61 bits per heavy atom. The molecule has 5 heteroatoms. The van der Waals surface area contributed by atoms with Gasteiger partial charge in [-0.2, -0.15) is 0 Å². The normalized spacial score (nSPS) is 17.6. The van der Waals surface area contributed by atoms with Crippen LogP contribution in [0.2, 0.25) is 0 Å². The molecule has 1 N–H and O–H groups in total. The van der Waals surface area contributed by atoms with E-state index >= 15 is 0 Å². The molecule has 1 aliphatic heterocycles. The Morgan fingerprint density at radius 1 is 1.39 bits per heavy atom. The lowest BCUT2D eigenvalue weighted by Gasteiger charge is -2.20. The molecule has 0 aromatic heterocycles. The van der Waals surface area contributed by atoms with Gasteiger partial charge in [-0.3, -0.25) is 4.79 Å². The molecule has 0 spiro atoms. The Balaban J connectivity index is 2.26. The zero-order valence-electron chi connectivity index (χ0n) is 13.0.